The summed E-state index contributed by atoms with van der Waals surface area (Å²) in [5, 5.41) is 0.970. The zero-order valence-corrected chi connectivity index (χ0v) is 13.1. The lowest BCUT2D eigenvalue weighted by Crippen LogP contribution is -2.44. The van der Waals surface area contributed by atoms with E-state index in [0.29, 0.717) is 34.6 Å². The Hall–Kier alpha value is -0.770. The number of nitrogens with two attached hydrogens (primary N) is 1. The maximum Gasteiger partial charge on any atom is 0.254 e. The molecule has 5 heteroatoms. The van der Waals surface area contributed by atoms with Gasteiger partial charge in [0.25, 0.3) is 5.91 Å². The summed E-state index contributed by atoms with van der Waals surface area (Å²) >= 11 is 12.0. The number of amides is 1. The van der Waals surface area contributed by atoms with Gasteiger partial charge in [-0.15, -0.1) is 0 Å². The van der Waals surface area contributed by atoms with Crippen LogP contribution in [0, 0.1) is 5.92 Å². The van der Waals surface area contributed by atoms with Gasteiger partial charge in [-0.1, -0.05) is 29.6 Å². The monoisotopic (exact) mass is 314 g/mol. The standard InChI is InChI=1S/C15H20Cl2N2O/c1-2-19(14-5-3-4-10(14)9-18)15(20)11-6-12(16)8-13(17)7-11/h6-8,10,14H,2-5,9,18H2,1H3. The fraction of sp³-hybridized carbons (Fsp3) is 0.533. The number of hydrogen-bond acceptors (Lipinski definition) is 2. The van der Waals surface area contributed by atoms with Gasteiger partial charge in [0.2, 0.25) is 0 Å². The zero-order valence-electron chi connectivity index (χ0n) is 11.6. The molecule has 2 rings (SSSR count). The van der Waals surface area contributed by atoms with Crippen molar-refractivity contribution in [3.63, 3.8) is 0 Å². The van der Waals surface area contributed by atoms with Gasteiger partial charge < -0.3 is 10.6 Å². The van der Waals surface area contributed by atoms with Gasteiger partial charge in [0.15, 0.2) is 0 Å². The van der Waals surface area contributed by atoms with Gasteiger partial charge >= 0.3 is 0 Å². The first-order chi connectivity index (χ1) is 9.56. The van der Waals surface area contributed by atoms with Gasteiger partial charge in [-0.3, -0.25) is 4.79 Å². The highest BCUT2D eigenvalue weighted by Gasteiger charge is 2.33. The predicted molar refractivity (Wildman–Crippen MR) is 83.4 cm³/mol. The highest BCUT2D eigenvalue weighted by Crippen LogP contribution is 2.30. The lowest BCUT2D eigenvalue weighted by molar-refractivity contribution is 0.0652. The SMILES string of the molecule is CCN(C(=O)c1cc(Cl)cc(Cl)c1)C1CCCC1CN. The van der Waals surface area contributed by atoms with Gasteiger partial charge in [-0.2, -0.15) is 0 Å². The van der Waals surface area contributed by atoms with Crippen molar-refractivity contribution in [1.82, 2.24) is 4.90 Å². The Bertz CT molecular complexity index is 473. The Balaban J connectivity index is 2.24. The smallest absolute Gasteiger partial charge is 0.254 e. The maximum absolute atomic E-state index is 12.7. The minimum absolute atomic E-state index is 0.0118. The molecule has 110 valence electrons. The summed E-state index contributed by atoms with van der Waals surface area (Å²) in [6, 6.07) is 5.21. The van der Waals surface area contributed by atoms with E-state index >= 15 is 0 Å². The molecule has 0 aliphatic heterocycles. The molecule has 1 saturated carbocycles. The van der Waals surface area contributed by atoms with Crippen LogP contribution in [0.3, 0.4) is 0 Å². The third kappa shape index (κ3) is 3.27. The van der Waals surface area contributed by atoms with Crippen molar-refractivity contribution in [2.24, 2.45) is 11.7 Å². The number of rotatable bonds is 4. The van der Waals surface area contributed by atoms with Crippen molar-refractivity contribution in [1.29, 1.82) is 0 Å². The molecule has 3 nitrogen and oxygen atoms in total. The van der Waals surface area contributed by atoms with Crippen LogP contribution in [0.4, 0.5) is 0 Å². The first-order valence-corrected chi connectivity index (χ1v) is 7.79. The molecule has 2 N–H and O–H groups in total. The van der Waals surface area contributed by atoms with Crippen LogP contribution < -0.4 is 5.73 Å². The van der Waals surface area contributed by atoms with E-state index in [2.05, 4.69) is 0 Å². The van der Waals surface area contributed by atoms with Crippen molar-refractivity contribution in [2.45, 2.75) is 32.2 Å². The second kappa shape index (κ2) is 6.79. The fourth-order valence-corrected chi connectivity index (χ4v) is 3.60. The van der Waals surface area contributed by atoms with Crippen molar-refractivity contribution in [2.75, 3.05) is 13.1 Å². The van der Waals surface area contributed by atoms with Crippen LogP contribution in [0.5, 0.6) is 0 Å². The highest BCUT2D eigenvalue weighted by molar-refractivity contribution is 6.35. The van der Waals surface area contributed by atoms with Crippen molar-refractivity contribution in [3.8, 4) is 0 Å². The molecular formula is C15H20Cl2N2O. The molecule has 1 aromatic rings. The fourth-order valence-electron chi connectivity index (χ4n) is 3.07. The van der Waals surface area contributed by atoms with Crippen LogP contribution in [0.1, 0.15) is 36.5 Å². The molecule has 0 spiro atoms. The second-order valence-electron chi connectivity index (χ2n) is 5.24. The molecule has 1 aliphatic carbocycles. The lowest BCUT2D eigenvalue weighted by atomic mass is 10.0. The Morgan fingerprint density at radius 2 is 1.95 bits per heavy atom. The maximum atomic E-state index is 12.7. The van der Waals surface area contributed by atoms with Crippen LogP contribution >= 0.6 is 23.2 Å². The Kier molecular flexibility index (Phi) is 5.30. The van der Waals surface area contributed by atoms with Crippen molar-refractivity contribution < 1.29 is 4.79 Å². The first kappa shape index (κ1) is 15.6. The van der Waals surface area contributed by atoms with Crippen LogP contribution in [-0.2, 0) is 0 Å². The number of hydrogen-bond donors (Lipinski definition) is 1. The van der Waals surface area contributed by atoms with Gasteiger partial charge in [0.1, 0.15) is 0 Å². The minimum Gasteiger partial charge on any atom is -0.336 e. The quantitative estimate of drug-likeness (QED) is 0.923. The molecule has 1 fully saturated rings. The molecule has 0 saturated heterocycles. The molecule has 2 unspecified atom stereocenters. The Labute approximate surface area is 130 Å². The number of halogens is 2. The average Bonchev–Trinajstić information content (AvgIpc) is 2.86. The highest BCUT2D eigenvalue weighted by atomic mass is 35.5. The van der Waals surface area contributed by atoms with Gasteiger partial charge in [-0.25, -0.2) is 0 Å². The number of nitrogens with zero attached hydrogens (tertiary/aromatic N) is 1. The molecule has 0 heterocycles. The third-order valence-electron chi connectivity index (χ3n) is 4.03. The molecule has 20 heavy (non-hydrogen) atoms. The predicted octanol–water partition coefficient (Wildman–Crippen LogP) is 3.58. The van der Waals surface area contributed by atoms with E-state index in [9.17, 15) is 4.79 Å². The zero-order chi connectivity index (χ0) is 14.7. The van der Waals surface area contributed by atoms with E-state index in [0.717, 1.165) is 19.3 Å². The van der Waals surface area contributed by atoms with Crippen LogP contribution in [-0.4, -0.2) is 29.9 Å². The average molecular weight is 315 g/mol. The molecule has 1 aliphatic rings. The van der Waals surface area contributed by atoms with E-state index in [1.165, 1.54) is 0 Å². The molecule has 1 amide bonds. The molecular weight excluding hydrogens is 295 g/mol. The van der Waals surface area contributed by atoms with E-state index in [4.69, 9.17) is 28.9 Å². The number of benzene rings is 1. The Morgan fingerprint density at radius 3 is 2.50 bits per heavy atom. The Morgan fingerprint density at radius 1 is 1.30 bits per heavy atom. The lowest BCUT2D eigenvalue weighted by Gasteiger charge is -2.32. The number of carbonyl (C=O) groups excluding carboxylic acids is 1. The van der Waals surface area contributed by atoms with E-state index < -0.39 is 0 Å². The normalized spacial score (nSPS) is 22.0. The summed E-state index contributed by atoms with van der Waals surface area (Å²) in [6.07, 6.45) is 3.25. The van der Waals surface area contributed by atoms with Crippen molar-refractivity contribution in [3.05, 3.63) is 33.8 Å². The van der Waals surface area contributed by atoms with Crippen LogP contribution in [0.25, 0.3) is 0 Å². The summed E-state index contributed by atoms with van der Waals surface area (Å²) in [5.41, 5.74) is 6.37. The van der Waals surface area contributed by atoms with Gasteiger partial charge in [-0.05, 0) is 50.4 Å². The van der Waals surface area contributed by atoms with Crippen LogP contribution in [0.2, 0.25) is 10.0 Å². The minimum atomic E-state index is -0.0118. The third-order valence-corrected chi connectivity index (χ3v) is 4.47. The molecule has 0 bridgehead atoms. The van der Waals surface area contributed by atoms with Crippen LogP contribution in [0.15, 0.2) is 18.2 Å². The largest absolute Gasteiger partial charge is 0.336 e. The molecule has 1 aromatic carbocycles. The molecule has 2 atom stereocenters. The second-order valence-corrected chi connectivity index (χ2v) is 6.12. The molecule has 0 radical (unpaired) electrons. The van der Waals surface area contributed by atoms with Gasteiger partial charge in [0.05, 0.1) is 0 Å². The van der Waals surface area contributed by atoms with E-state index in [1.54, 1.807) is 18.2 Å². The van der Waals surface area contributed by atoms with Gasteiger partial charge in [0, 0.05) is 28.2 Å². The summed E-state index contributed by atoms with van der Waals surface area (Å²) in [5.74, 6) is 0.385. The summed E-state index contributed by atoms with van der Waals surface area (Å²) in [6.45, 7) is 3.30. The summed E-state index contributed by atoms with van der Waals surface area (Å²) in [4.78, 5) is 14.6. The topological polar surface area (TPSA) is 46.3 Å². The number of carbonyl (C=O) groups is 1. The first-order valence-electron chi connectivity index (χ1n) is 7.04. The summed E-state index contributed by atoms with van der Waals surface area (Å²) in [7, 11) is 0. The van der Waals surface area contributed by atoms with Crippen molar-refractivity contribution >= 4 is 29.1 Å². The summed E-state index contributed by atoms with van der Waals surface area (Å²) < 4.78 is 0. The molecule has 0 aromatic heterocycles. The van der Waals surface area contributed by atoms with E-state index in [-0.39, 0.29) is 11.9 Å². The van der Waals surface area contributed by atoms with E-state index in [1.807, 2.05) is 11.8 Å².